The molecule has 0 saturated carbocycles. The third-order valence-electron chi connectivity index (χ3n) is 4.51. The fraction of sp³-hybridized carbons (Fsp3) is 0.562. The van der Waals surface area contributed by atoms with Gasteiger partial charge in [0.15, 0.2) is 0 Å². The molecular weight excluding hydrogens is 268 g/mol. The van der Waals surface area contributed by atoms with Gasteiger partial charge in [-0.05, 0) is 31.5 Å². The van der Waals surface area contributed by atoms with Crippen molar-refractivity contribution in [2.75, 3.05) is 40.4 Å². The Balaban J connectivity index is 1.78. The van der Waals surface area contributed by atoms with Crippen LogP contribution in [0.15, 0.2) is 18.2 Å². The Morgan fingerprint density at radius 1 is 1.19 bits per heavy atom. The van der Waals surface area contributed by atoms with Gasteiger partial charge in [0, 0.05) is 31.7 Å². The van der Waals surface area contributed by atoms with Crippen LogP contribution in [0.4, 0.5) is 0 Å². The summed E-state index contributed by atoms with van der Waals surface area (Å²) in [7, 11) is 3.19. The minimum Gasteiger partial charge on any atom is -0.497 e. The number of piperazine rings is 1. The largest absolute Gasteiger partial charge is 0.497 e. The van der Waals surface area contributed by atoms with Crippen molar-refractivity contribution in [1.29, 1.82) is 0 Å². The van der Waals surface area contributed by atoms with E-state index in [1.54, 1.807) is 26.4 Å². The molecule has 5 heteroatoms. The maximum atomic E-state index is 12.8. The van der Waals surface area contributed by atoms with Gasteiger partial charge in [-0.1, -0.05) is 0 Å². The Labute approximate surface area is 125 Å². The van der Waals surface area contributed by atoms with E-state index in [2.05, 4.69) is 4.90 Å². The molecule has 3 rings (SSSR count). The normalized spacial score (nSPS) is 22.0. The van der Waals surface area contributed by atoms with E-state index in [4.69, 9.17) is 9.47 Å². The molecule has 1 aromatic rings. The standard InChI is InChI=1S/C16H22N2O3/c1-20-13-5-6-14(15(10-13)21-2)16(19)18-9-8-17-7-3-4-12(17)11-18/h5-6,10,12H,3-4,7-9,11H2,1-2H3/t12-/m0/s1. The van der Waals surface area contributed by atoms with Gasteiger partial charge in [-0.15, -0.1) is 0 Å². The monoisotopic (exact) mass is 290 g/mol. The van der Waals surface area contributed by atoms with Gasteiger partial charge >= 0.3 is 0 Å². The summed E-state index contributed by atoms with van der Waals surface area (Å²) in [5, 5.41) is 0. The Hall–Kier alpha value is -1.75. The van der Waals surface area contributed by atoms with E-state index in [9.17, 15) is 4.79 Å². The fourth-order valence-corrected chi connectivity index (χ4v) is 3.32. The van der Waals surface area contributed by atoms with Crippen molar-refractivity contribution in [3.63, 3.8) is 0 Å². The van der Waals surface area contributed by atoms with E-state index in [0.717, 1.165) is 19.6 Å². The third-order valence-corrected chi connectivity index (χ3v) is 4.51. The number of amides is 1. The minimum absolute atomic E-state index is 0.0565. The summed E-state index contributed by atoms with van der Waals surface area (Å²) in [6.45, 7) is 3.78. The number of hydrogen-bond acceptors (Lipinski definition) is 4. The molecular formula is C16H22N2O3. The zero-order valence-electron chi connectivity index (χ0n) is 12.7. The van der Waals surface area contributed by atoms with E-state index in [1.165, 1.54) is 19.4 Å². The zero-order valence-corrected chi connectivity index (χ0v) is 12.7. The van der Waals surface area contributed by atoms with Gasteiger partial charge in [0.25, 0.3) is 5.91 Å². The maximum Gasteiger partial charge on any atom is 0.257 e. The molecule has 1 aromatic carbocycles. The molecule has 1 amide bonds. The Kier molecular flexibility index (Phi) is 4.01. The Morgan fingerprint density at radius 2 is 2.05 bits per heavy atom. The van der Waals surface area contributed by atoms with E-state index in [-0.39, 0.29) is 5.91 Å². The van der Waals surface area contributed by atoms with Crippen LogP contribution in [-0.2, 0) is 0 Å². The van der Waals surface area contributed by atoms with E-state index in [1.807, 2.05) is 11.0 Å². The number of ether oxygens (including phenoxy) is 2. The van der Waals surface area contributed by atoms with Crippen LogP contribution in [0.2, 0.25) is 0 Å². The summed E-state index contributed by atoms with van der Waals surface area (Å²) in [5.41, 5.74) is 0.616. The summed E-state index contributed by atoms with van der Waals surface area (Å²) < 4.78 is 10.5. The highest BCUT2D eigenvalue weighted by Gasteiger charge is 2.33. The topological polar surface area (TPSA) is 42.0 Å². The maximum absolute atomic E-state index is 12.8. The van der Waals surface area contributed by atoms with Crippen LogP contribution in [0, 0.1) is 0 Å². The average molecular weight is 290 g/mol. The van der Waals surface area contributed by atoms with Gasteiger partial charge in [0.05, 0.1) is 19.8 Å². The second-order valence-corrected chi connectivity index (χ2v) is 5.65. The third kappa shape index (κ3) is 2.70. The highest BCUT2D eigenvalue weighted by Crippen LogP contribution is 2.28. The molecule has 0 spiro atoms. The summed E-state index contributed by atoms with van der Waals surface area (Å²) in [4.78, 5) is 17.2. The molecule has 114 valence electrons. The Bertz CT molecular complexity index is 532. The average Bonchev–Trinajstić information content (AvgIpc) is 3.01. The van der Waals surface area contributed by atoms with Crippen LogP contribution in [0.1, 0.15) is 23.2 Å². The fourth-order valence-electron chi connectivity index (χ4n) is 3.32. The van der Waals surface area contributed by atoms with Crippen LogP contribution < -0.4 is 9.47 Å². The molecule has 5 nitrogen and oxygen atoms in total. The van der Waals surface area contributed by atoms with Gasteiger partial charge in [-0.3, -0.25) is 9.69 Å². The van der Waals surface area contributed by atoms with E-state index >= 15 is 0 Å². The zero-order chi connectivity index (χ0) is 14.8. The summed E-state index contributed by atoms with van der Waals surface area (Å²) in [6, 6.07) is 5.90. The molecule has 0 radical (unpaired) electrons. The molecule has 0 N–H and O–H groups in total. The van der Waals surface area contributed by atoms with Crippen molar-refractivity contribution < 1.29 is 14.3 Å². The van der Waals surface area contributed by atoms with Crippen LogP contribution in [-0.4, -0.2) is 62.1 Å². The first-order chi connectivity index (χ1) is 10.2. The first-order valence-corrected chi connectivity index (χ1v) is 7.48. The van der Waals surface area contributed by atoms with Crippen molar-refractivity contribution in [1.82, 2.24) is 9.80 Å². The number of rotatable bonds is 3. The van der Waals surface area contributed by atoms with Crippen LogP contribution in [0.3, 0.4) is 0 Å². The van der Waals surface area contributed by atoms with Crippen LogP contribution in [0.25, 0.3) is 0 Å². The quantitative estimate of drug-likeness (QED) is 0.848. The molecule has 2 aliphatic rings. The van der Waals surface area contributed by atoms with Crippen molar-refractivity contribution in [2.45, 2.75) is 18.9 Å². The van der Waals surface area contributed by atoms with Crippen molar-refractivity contribution in [2.24, 2.45) is 0 Å². The predicted octanol–water partition coefficient (Wildman–Crippen LogP) is 1.62. The number of nitrogens with zero attached hydrogens (tertiary/aromatic N) is 2. The predicted molar refractivity (Wildman–Crippen MR) is 80.0 cm³/mol. The number of carbonyl (C=O) groups excluding carboxylic acids is 1. The molecule has 1 atom stereocenters. The molecule has 2 fully saturated rings. The molecule has 21 heavy (non-hydrogen) atoms. The lowest BCUT2D eigenvalue weighted by atomic mass is 10.1. The minimum atomic E-state index is 0.0565. The second kappa shape index (κ2) is 5.93. The number of methoxy groups -OCH3 is 2. The smallest absolute Gasteiger partial charge is 0.257 e. The van der Waals surface area contributed by atoms with Crippen LogP contribution in [0.5, 0.6) is 11.5 Å². The van der Waals surface area contributed by atoms with E-state index < -0.39 is 0 Å². The molecule has 2 saturated heterocycles. The molecule has 2 heterocycles. The highest BCUT2D eigenvalue weighted by atomic mass is 16.5. The first kappa shape index (κ1) is 14.2. The van der Waals surface area contributed by atoms with Gasteiger partial charge in [0.1, 0.15) is 11.5 Å². The second-order valence-electron chi connectivity index (χ2n) is 5.65. The molecule has 0 unspecified atom stereocenters. The summed E-state index contributed by atoms with van der Waals surface area (Å²) >= 11 is 0. The first-order valence-electron chi connectivity index (χ1n) is 7.48. The van der Waals surface area contributed by atoms with E-state index in [0.29, 0.717) is 23.1 Å². The molecule has 2 aliphatic heterocycles. The number of carbonyl (C=O) groups is 1. The van der Waals surface area contributed by atoms with Crippen molar-refractivity contribution in [3.05, 3.63) is 23.8 Å². The van der Waals surface area contributed by atoms with Gasteiger partial charge < -0.3 is 14.4 Å². The lowest BCUT2D eigenvalue weighted by Gasteiger charge is -2.37. The van der Waals surface area contributed by atoms with Gasteiger partial charge in [-0.2, -0.15) is 0 Å². The number of hydrogen-bond donors (Lipinski definition) is 0. The van der Waals surface area contributed by atoms with Gasteiger partial charge in [-0.25, -0.2) is 0 Å². The van der Waals surface area contributed by atoms with Crippen molar-refractivity contribution in [3.8, 4) is 11.5 Å². The number of benzene rings is 1. The summed E-state index contributed by atoms with van der Waals surface area (Å²) in [5.74, 6) is 1.33. The van der Waals surface area contributed by atoms with Crippen molar-refractivity contribution >= 4 is 5.91 Å². The molecule has 0 bridgehead atoms. The lowest BCUT2D eigenvalue weighted by Crippen LogP contribution is -2.52. The van der Waals surface area contributed by atoms with Crippen LogP contribution >= 0.6 is 0 Å². The summed E-state index contributed by atoms with van der Waals surface area (Å²) in [6.07, 6.45) is 2.45. The number of fused-ring (bicyclic) bond motifs is 1. The SMILES string of the molecule is COc1ccc(C(=O)N2CCN3CCC[C@H]3C2)c(OC)c1. The molecule has 0 aromatic heterocycles. The molecule has 0 aliphatic carbocycles. The lowest BCUT2D eigenvalue weighted by molar-refractivity contribution is 0.0568. The van der Waals surface area contributed by atoms with Gasteiger partial charge in [0.2, 0.25) is 0 Å². The highest BCUT2D eigenvalue weighted by molar-refractivity contribution is 5.97. The Morgan fingerprint density at radius 3 is 2.81 bits per heavy atom.